The highest BCUT2D eigenvalue weighted by molar-refractivity contribution is 6.08. The van der Waals surface area contributed by atoms with Crippen LogP contribution in [0.25, 0.3) is 11.0 Å². The number of carbonyl (C=O) groups excluding carboxylic acids is 1. The van der Waals surface area contributed by atoms with Gasteiger partial charge in [-0.05, 0) is 32.0 Å². The lowest BCUT2D eigenvalue weighted by molar-refractivity contribution is 0.0896. The van der Waals surface area contributed by atoms with E-state index in [1.807, 2.05) is 24.3 Å². The van der Waals surface area contributed by atoms with Gasteiger partial charge in [0.15, 0.2) is 5.78 Å². The van der Waals surface area contributed by atoms with Gasteiger partial charge in [-0.25, -0.2) is 0 Å². The van der Waals surface area contributed by atoms with Crippen LogP contribution < -0.4 is 5.32 Å². The summed E-state index contributed by atoms with van der Waals surface area (Å²) in [5.74, 6) is 0.383. The van der Waals surface area contributed by atoms with Crippen LogP contribution in [-0.4, -0.2) is 18.9 Å². The van der Waals surface area contributed by atoms with Crippen LogP contribution in [0, 0.1) is 5.92 Å². The second kappa shape index (κ2) is 4.34. The molecule has 0 aliphatic carbocycles. The van der Waals surface area contributed by atoms with Gasteiger partial charge in [0, 0.05) is 11.3 Å². The molecule has 0 radical (unpaired) electrons. The molecule has 0 atom stereocenters. The Bertz CT molecular complexity index is 538. The van der Waals surface area contributed by atoms with E-state index < -0.39 is 0 Å². The first-order valence-corrected chi connectivity index (χ1v) is 6.07. The van der Waals surface area contributed by atoms with E-state index in [-0.39, 0.29) is 11.7 Å². The average molecular weight is 229 g/mol. The van der Waals surface area contributed by atoms with Gasteiger partial charge < -0.3 is 9.73 Å². The Morgan fingerprint density at radius 3 is 2.82 bits per heavy atom. The molecule has 3 nitrogen and oxygen atoms in total. The lowest BCUT2D eigenvalue weighted by Crippen LogP contribution is -2.31. The normalized spacial score (nSPS) is 17.4. The minimum absolute atomic E-state index is 0.150. The molecule has 0 spiro atoms. The van der Waals surface area contributed by atoms with Crippen LogP contribution in [0.4, 0.5) is 0 Å². The van der Waals surface area contributed by atoms with Crippen LogP contribution in [0.15, 0.2) is 34.9 Å². The number of ketones is 1. The second-order valence-electron chi connectivity index (χ2n) is 4.53. The molecule has 3 rings (SSSR count). The number of para-hydroxylation sites is 1. The van der Waals surface area contributed by atoms with Crippen molar-refractivity contribution in [3.63, 3.8) is 0 Å². The van der Waals surface area contributed by atoms with Crippen molar-refractivity contribution in [1.82, 2.24) is 5.32 Å². The summed E-state index contributed by atoms with van der Waals surface area (Å²) >= 11 is 0. The third-order valence-electron chi connectivity index (χ3n) is 3.46. The molecule has 2 heterocycles. The number of nitrogens with one attached hydrogen (secondary N) is 1. The number of piperidine rings is 1. The quantitative estimate of drug-likeness (QED) is 0.805. The number of fused-ring (bicyclic) bond motifs is 1. The van der Waals surface area contributed by atoms with Crippen molar-refractivity contribution in [2.45, 2.75) is 12.8 Å². The van der Waals surface area contributed by atoms with E-state index in [1.54, 1.807) is 6.26 Å². The van der Waals surface area contributed by atoms with E-state index >= 15 is 0 Å². The zero-order valence-corrected chi connectivity index (χ0v) is 9.61. The number of furan rings is 1. The summed E-state index contributed by atoms with van der Waals surface area (Å²) in [6.07, 6.45) is 3.46. The van der Waals surface area contributed by atoms with E-state index in [2.05, 4.69) is 5.32 Å². The van der Waals surface area contributed by atoms with Crippen molar-refractivity contribution in [3.05, 3.63) is 36.1 Å². The highest BCUT2D eigenvalue weighted by atomic mass is 16.3. The summed E-state index contributed by atoms with van der Waals surface area (Å²) in [6, 6.07) is 7.71. The van der Waals surface area contributed by atoms with E-state index in [1.165, 1.54) is 0 Å². The Balaban J connectivity index is 1.95. The fourth-order valence-electron chi connectivity index (χ4n) is 2.47. The molecule has 1 aromatic carbocycles. The maximum atomic E-state index is 12.4. The van der Waals surface area contributed by atoms with Crippen molar-refractivity contribution in [1.29, 1.82) is 0 Å². The van der Waals surface area contributed by atoms with Crippen LogP contribution in [-0.2, 0) is 0 Å². The Hall–Kier alpha value is -1.61. The van der Waals surface area contributed by atoms with E-state index in [0.717, 1.165) is 42.5 Å². The SMILES string of the molecule is O=C(c1coc2ccccc12)C1CCNCC1. The van der Waals surface area contributed by atoms with E-state index in [0.29, 0.717) is 0 Å². The Morgan fingerprint density at radius 1 is 1.24 bits per heavy atom. The Kier molecular flexibility index (Phi) is 2.69. The molecule has 3 heteroatoms. The minimum Gasteiger partial charge on any atom is -0.464 e. The molecule has 2 aromatic rings. The lowest BCUT2D eigenvalue weighted by Gasteiger charge is -2.20. The average Bonchev–Trinajstić information content (AvgIpc) is 2.83. The summed E-state index contributed by atoms with van der Waals surface area (Å²) in [4.78, 5) is 12.4. The summed E-state index contributed by atoms with van der Waals surface area (Å²) < 4.78 is 5.42. The third kappa shape index (κ3) is 1.87. The molecule has 1 aliphatic rings. The van der Waals surface area contributed by atoms with Gasteiger partial charge >= 0.3 is 0 Å². The maximum Gasteiger partial charge on any atom is 0.169 e. The number of benzene rings is 1. The van der Waals surface area contributed by atoms with Crippen LogP contribution in [0.1, 0.15) is 23.2 Å². The number of hydrogen-bond donors (Lipinski definition) is 1. The molecule has 0 bridgehead atoms. The largest absolute Gasteiger partial charge is 0.464 e. The first-order valence-electron chi connectivity index (χ1n) is 6.07. The number of carbonyl (C=O) groups is 1. The predicted molar refractivity (Wildman–Crippen MR) is 66.1 cm³/mol. The van der Waals surface area contributed by atoms with Crippen LogP contribution in [0.5, 0.6) is 0 Å². The smallest absolute Gasteiger partial charge is 0.169 e. The third-order valence-corrected chi connectivity index (χ3v) is 3.46. The molecule has 0 saturated carbocycles. The maximum absolute atomic E-state index is 12.4. The van der Waals surface area contributed by atoms with Crippen LogP contribution in [0.2, 0.25) is 0 Å². The highest BCUT2D eigenvalue weighted by Crippen LogP contribution is 2.26. The Labute approximate surface area is 99.8 Å². The van der Waals surface area contributed by atoms with Gasteiger partial charge in [0.1, 0.15) is 11.8 Å². The number of rotatable bonds is 2. The molecule has 88 valence electrons. The van der Waals surface area contributed by atoms with Gasteiger partial charge in [-0.2, -0.15) is 0 Å². The summed E-state index contributed by atoms with van der Waals surface area (Å²) in [5.41, 5.74) is 1.54. The first kappa shape index (κ1) is 10.5. The lowest BCUT2D eigenvalue weighted by atomic mass is 9.89. The van der Waals surface area contributed by atoms with Crippen molar-refractivity contribution < 1.29 is 9.21 Å². The molecule has 17 heavy (non-hydrogen) atoms. The Morgan fingerprint density at radius 2 is 2.00 bits per heavy atom. The minimum atomic E-state index is 0.150. The molecule has 1 fully saturated rings. The zero-order valence-electron chi connectivity index (χ0n) is 9.61. The van der Waals surface area contributed by atoms with Gasteiger partial charge in [0.25, 0.3) is 0 Å². The zero-order chi connectivity index (χ0) is 11.7. The standard InChI is InChI=1S/C14H15NO2/c16-14(10-5-7-15-8-6-10)12-9-17-13-4-2-1-3-11(12)13/h1-4,9-10,15H,5-8H2. The van der Waals surface area contributed by atoms with Crippen molar-refractivity contribution >= 4 is 16.8 Å². The molecular weight excluding hydrogens is 214 g/mol. The van der Waals surface area contributed by atoms with Crippen molar-refractivity contribution in [3.8, 4) is 0 Å². The van der Waals surface area contributed by atoms with Gasteiger partial charge in [-0.15, -0.1) is 0 Å². The number of hydrogen-bond acceptors (Lipinski definition) is 3. The van der Waals surface area contributed by atoms with E-state index in [4.69, 9.17) is 4.42 Å². The first-order chi connectivity index (χ1) is 8.36. The van der Waals surface area contributed by atoms with Gasteiger partial charge in [-0.3, -0.25) is 4.79 Å². The second-order valence-corrected chi connectivity index (χ2v) is 4.53. The number of Topliss-reactive ketones (excluding diaryl/α,β-unsaturated/α-hetero) is 1. The summed E-state index contributed by atoms with van der Waals surface area (Å²) in [7, 11) is 0. The van der Waals surface area contributed by atoms with Gasteiger partial charge in [0.05, 0.1) is 5.56 Å². The summed E-state index contributed by atoms with van der Waals surface area (Å²) in [6.45, 7) is 1.87. The highest BCUT2D eigenvalue weighted by Gasteiger charge is 2.24. The fraction of sp³-hybridized carbons (Fsp3) is 0.357. The molecule has 1 N–H and O–H groups in total. The van der Waals surface area contributed by atoms with Gasteiger partial charge in [-0.1, -0.05) is 18.2 Å². The van der Waals surface area contributed by atoms with Crippen LogP contribution in [0.3, 0.4) is 0 Å². The monoisotopic (exact) mass is 229 g/mol. The topological polar surface area (TPSA) is 42.2 Å². The molecule has 1 saturated heterocycles. The fourth-order valence-corrected chi connectivity index (χ4v) is 2.47. The molecule has 1 aliphatic heterocycles. The van der Waals surface area contributed by atoms with Crippen molar-refractivity contribution in [2.75, 3.05) is 13.1 Å². The molecule has 0 unspecified atom stereocenters. The molecular formula is C14H15NO2. The van der Waals surface area contributed by atoms with Gasteiger partial charge in [0.2, 0.25) is 0 Å². The van der Waals surface area contributed by atoms with Crippen molar-refractivity contribution in [2.24, 2.45) is 5.92 Å². The summed E-state index contributed by atoms with van der Waals surface area (Å²) in [5, 5.41) is 4.22. The predicted octanol–water partition coefficient (Wildman–Crippen LogP) is 2.62. The molecule has 0 amide bonds. The van der Waals surface area contributed by atoms with E-state index in [9.17, 15) is 4.79 Å². The molecule has 1 aromatic heterocycles. The van der Waals surface area contributed by atoms with Crippen LogP contribution >= 0.6 is 0 Å².